The van der Waals surface area contributed by atoms with Crippen molar-refractivity contribution in [3.05, 3.63) is 0 Å². The number of rotatable bonds is 3. The molecule has 3 unspecified atom stereocenters. The Morgan fingerprint density at radius 3 is 2.71 bits per heavy atom. The molecular formula is C12H18N4O4S. The number of imide groups is 1. The highest BCUT2D eigenvalue weighted by molar-refractivity contribution is 8.14. The van der Waals surface area contributed by atoms with Crippen LogP contribution in [0.4, 0.5) is 4.79 Å². The maximum Gasteiger partial charge on any atom is 0.325 e. The number of carbonyl (C=O) groups is 3. The van der Waals surface area contributed by atoms with E-state index in [2.05, 4.69) is 10.3 Å². The molecule has 0 saturated carbocycles. The summed E-state index contributed by atoms with van der Waals surface area (Å²) in [5, 5.41) is 2.39. The number of urea groups is 1. The summed E-state index contributed by atoms with van der Waals surface area (Å²) in [6.45, 7) is 3.78. The molecule has 1 saturated heterocycles. The number of nitrogens with zero attached hydrogens (tertiary/aromatic N) is 3. The third-order valence-electron chi connectivity index (χ3n) is 3.36. The molecule has 8 nitrogen and oxygen atoms in total. The number of likely N-dealkylation sites (N-methyl/N-ethyl adjacent to an activating group) is 2. The molecule has 0 aromatic heterocycles. The van der Waals surface area contributed by atoms with Crippen molar-refractivity contribution < 1.29 is 19.1 Å². The van der Waals surface area contributed by atoms with E-state index in [0.29, 0.717) is 11.8 Å². The summed E-state index contributed by atoms with van der Waals surface area (Å²) in [5.41, 5.74) is 0. The Bertz CT molecular complexity index is 509. The van der Waals surface area contributed by atoms with Gasteiger partial charge in [-0.3, -0.25) is 14.9 Å². The van der Waals surface area contributed by atoms with Gasteiger partial charge >= 0.3 is 12.0 Å². The van der Waals surface area contributed by atoms with E-state index in [1.54, 1.807) is 32.8 Å². The number of amides is 3. The van der Waals surface area contributed by atoms with Crippen LogP contribution in [0, 0.1) is 0 Å². The Hall–Kier alpha value is -1.77. The molecule has 2 rings (SSSR count). The van der Waals surface area contributed by atoms with Crippen LogP contribution in [0.2, 0.25) is 0 Å². The van der Waals surface area contributed by atoms with E-state index in [4.69, 9.17) is 4.74 Å². The zero-order valence-corrected chi connectivity index (χ0v) is 13.1. The smallest absolute Gasteiger partial charge is 0.325 e. The molecule has 0 aromatic carbocycles. The number of nitrogens with one attached hydrogen (secondary N) is 1. The van der Waals surface area contributed by atoms with E-state index in [9.17, 15) is 14.4 Å². The SMILES string of the molecule is CCOC(=O)C(C)SC1=NC2C(C(=O)NC(=O)N2C)N1C. The Kier molecular flexibility index (Phi) is 4.40. The predicted molar refractivity (Wildman–Crippen MR) is 77.8 cm³/mol. The molecule has 116 valence electrons. The minimum atomic E-state index is -0.565. The monoisotopic (exact) mass is 314 g/mol. The van der Waals surface area contributed by atoms with Gasteiger partial charge in [0.2, 0.25) is 0 Å². The van der Waals surface area contributed by atoms with E-state index >= 15 is 0 Å². The molecule has 9 heteroatoms. The van der Waals surface area contributed by atoms with Crippen LogP contribution in [0.25, 0.3) is 0 Å². The second kappa shape index (κ2) is 5.92. The van der Waals surface area contributed by atoms with Crippen LogP contribution in [0.15, 0.2) is 4.99 Å². The largest absolute Gasteiger partial charge is 0.465 e. The summed E-state index contributed by atoms with van der Waals surface area (Å²) in [4.78, 5) is 42.7. The predicted octanol–water partition coefficient (Wildman–Crippen LogP) is -0.151. The lowest BCUT2D eigenvalue weighted by Gasteiger charge is -2.34. The summed E-state index contributed by atoms with van der Waals surface area (Å²) >= 11 is 1.22. The summed E-state index contributed by atoms with van der Waals surface area (Å²) < 4.78 is 4.95. The van der Waals surface area contributed by atoms with Gasteiger partial charge in [0.15, 0.2) is 17.4 Å². The molecule has 21 heavy (non-hydrogen) atoms. The van der Waals surface area contributed by atoms with Gasteiger partial charge in [-0.1, -0.05) is 11.8 Å². The van der Waals surface area contributed by atoms with Crippen molar-refractivity contribution in [1.82, 2.24) is 15.1 Å². The molecule has 0 aromatic rings. The molecule has 0 radical (unpaired) electrons. The van der Waals surface area contributed by atoms with Gasteiger partial charge in [0.25, 0.3) is 5.91 Å². The van der Waals surface area contributed by atoms with Crippen molar-refractivity contribution in [3.63, 3.8) is 0 Å². The van der Waals surface area contributed by atoms with Gasteiger partial charge in [0, 0.05) is 14.1 Å². The first kappa shape index (κ1) is 15.6. The number of ether oxygens (including phenoxy) is 1. The standard InChI is InChI=1S/C12H18N4O4S/c1-5-20-10(18)6(2)21-12-13-8-7(15(12)3)9(17)14-11(19)16(8)4/h6-8H,5H2,1-4H3,(H,14,17,19). The van der Waals surface area contributed by atoms with Crippen LogP contribution >= 0.6 is 11.8 Å². The van der Waals surface area contributed by atoms with E-state index in [0.717, 1.165) is 0 Å². The number of aliphatic imine (C=N–C) groups is 1. The van der Waals surface area contributed by atoms with Crippen LogP contribution in [0.3, 0.4) is 0 Å². The third kappa shape index (κ3) is 2.82. The zero-order valence-electron chi connectivity index (χ0n) is 12.3. The molecule has 2 aliphatic heterocycles. The van der Waals surface area contributed by atoms with E-state index in [1.807, 2.05) is 0 Å². The Morgan fingerprint density at radius 1 is 1.43 bits per heavy atom. The minimum absolute atomic E-state index is 0.316. The first-order valence-electron chi connectivity index (χ1n) is 6.58. The summed E-state index contributed by atoms with van der Waals surface area (Å²) in [7, 11) is 3.30. The first-order chi connectivity index (χ1) is 9.86. The zero-order chi connectivity index (χ0) is 15.7. The van der Waals surface area contributed by atoms with Crippen molar-refractivity contribution in [1.29, 1.82) is 0 Å². The lowest BCUT2D eigenvalue weighted by molar-refractivity contribution is -0.142. The number of fused-ring (bicyclic) bond motifs is 1. The highest BCUT2D eigenvalue weighted by Gasteiger charge is 2.47. The molecule has 0 spiro atoms. The molecular weight excluding hydrogens is 296 g/mol. The Morgan fingerprint density at radius 2 is 2.10 bits per heavy atom. The molecule has 1 N–H and O–H groups in total. The minimum Gasteiger partial charge on any atom is -0.465 e. The van der Waals surface area contributed by atoms with E-state index < -0.39 is 23.5 Å². The maximum absolute atomic E-state index is 11.9. The summed E-state index contributed by atoms with van der Waals surface area (Å²) in [6, 6.07) is -1.03. The van der Waals surface area contributed by atoms with Crippen molar-refractivity contribution in [2.75, 3.05) is 20.7 Å². The van der Waals surface area contributed by atoms with Crippen LogP contribution in [-0.2, 0) is 14.3 Å². The number of esters is 1. The van der Waals surface area contributed by atoms with Gasteiger partial charge in [-0.15, -0.1) is 0 Å². The fourth-order valence-electron chi connectivity index (χ4n) is 2.17. The van der Waals surface area contributed by atoms with E-state index in [-0.39, 0.29) is 11.9 Å². The van der Waals surface area contributed by atoms with Crippen LogP contribution in [0.1, 0.15) is 13.8 Å². The average Bonchev–Trinajstić information content (AvgIpc) is 2.74. The van der Waals surface area contributed by atoms with Crippen LogP contribution in [-0.4, -0.2) is 71.0 Å². The van der Waals surface area contributed by atoms with Crippen molar-refractivity contribution in [2.24, 2.45) is 4.99 Å². The van der Waals surface area contributed by atoms with E-state index in [1.165, 1.54) is 16.7 Å². The van der Waals surface area contributed by atoms with Gasteiger partial charge in [-0.2, -0.15) is 0 Å². The van der Waals surface area contributed by atoms with Crippen LogP contribution < -0.4 is 5.32 Å². The summed E-state index contributed by atoms with van der Waals surface area (Å²) in [6.07, 6.45) is -0.562. The molecule has 0 bridgehead atoms. The fourth-order valence-corrected chi connectivity index (χ4v) is 3.10. The fraction of sp³-hybridized carbons (Fsp3) is 0.667. The number of carbonyl (C=O) groups excluding carboxylic acids is 3. The molecule has 0 aliphatic carbocycles. The molecule has 2 aliphatic rings. The lowest BCUT2D eigenvalue weighted by Crippen LogP contribution is -2.63. The van der Waals surface area contributed by atoms with Gasteiger partial charge in [-0.05, 0) is 13.8 Å². The maximum atomic E-state index is 11.9. The topological polar surface area (TPSA) is 91.3 Å². The summed E-state index contributed by atoms with van der Waals surface area (Å²) in [5.74, 6) is -0.712. The number of hydrogen-bond acceptors (Lipinski definition) is 7. The average molecular weight is 314 g/mol. The van der Waals surface area contributed by atoms with Crippen molar-refractivity contribution in [2.45, 2.75) is 31.3 Å². The van der Waals surface area contributed by atoms with Crippen LogP contribution in [0.5, 0.6) is 0 Å². The second-order valence-corrected chi connectivity index (χ2v) is 6.11. The highest BCUT2D eigenvalue weighted by Crippen LogP contribution is 2.29. The Labute approximate surface area is 126 Å². The number of amidine groups is 1. The normalized spacial score (nSPS) is 26.2. The third-order valence-corrected chi connectivity index (χ3v) is 4.51. The number of hydrogen-bond donors (Lipinski definition) is 1. The first-order valence-corrected chi connectivity index (χ1v) is 7.46. The second-order valence-electron chi connectivity index (χ2n) is 4.80. The Balaban J connectivity index is 2.13. The molecule has 3 atom stereocenters. The molecule has 3 amide bonds. The van der Waals surface area contributed by atoms with Crippen molar-refractivity contribution >= 4 is 34.8 Å². The van der Waals surface area contributed by atoms with Gasteiger partial charge in [0.1, 0.15) is 5.25 Å². The van der Waals surface area contributed by atoms with Gasteiger partial charge in [0.05, 0.1) is 6.61 Å². The molecule has 2 heterocycles. The molecule has 1 fully saturated rings. The lowest BCUT2D eigenvalue weighted by atomic mass is 10.1. The quantitative estimate of drug-likeness (QED) is 0.729. The van der Waals surface area contributed by atoms with Gasteiger partial charge < -0.3 is 14.5 Å². The highest BCUT2D eigenvalue weighted by atomic mass is 32.2. The van der Waals surface area contributed by atoms with Gasteiger partial charge in [-0.25, -0.2) is 9.79 Å². The number of thioether (sulfide) groups is 1. The van der Waals surface area contributed by atoms with Crippen molar-refractivity contribution in [3.8, 4) is 0 Å².